The summed E-state index contributed by atoms with van der Waals surface area (Å²) in [5, 5.41) is 3.56. The second kappa shape index (κ2) is 11.7. The van der Waals surface area contributed by atoms with Crippen molar-refractivity contribution in [2.75, 3.05) is 33.0 Å². The van der Waals surface area contributed by atoms with E-state index in [1.54, 1.807) is 0 Å². The maximum atomic E-state index is 5.74. The van der Waals surface area contributed by atoms with E-state index < -0.39 is 0 Å². The van der Waals surface area contributed by atoms with Crippen LogP contribution in [0.5, 0.6) is 0 Å². The molecular formula is C18H31NO2. The Bertz CT molecular complexity index is 351. The first-order valence-corrected chi connectivity index (χ1v) is 8.29. The van der Waals surface area contributed by atoms with Crippen molar-refractivity contribution in [3.8, 4) is 0 Å². The van der Waals surface area contributed by atoms with E-state index in [1.807, 2.05) is 6.92 Å². The second-order valence-corrected chi connectivity index (χ2v) is 5.27. The van der Waals surface area contributed by atoms with Crippen LogP contribution < -0.4 is 5.32 Å². The predicted molar refractivity (Wildman–Crippen MR) is 88.8 cm³/mol. The quantitative estimate of drug-likeness (QED) is 0.596. The van der Waals surface area contributed by atoms with Crippen molar-refractivity contribution >= 4 is 0 Å². The molecule has 1 aromatic carbocycles. The first-order valence-electron chi connectivity index (χ1n) is 8.29. The lowest BCUT2D eigenvalue weighted by atomic mass is 10.0. The molecule has 1 N–H and O–H groups in total. The zero-order chi connectivity index (χ0) is 15.3. The van der Waals surface area contributed by atoms with Gasteiger partial charge in [-0.2, -0.15) is 0 Å². The summed E-state index contributed by atoms with van der Waals surface area (Å²) in [6, 6.07) is 9.19. The number of hydrogen-bond donors (Lipinski definition) is 1. The molecule has 3 nitrogen and oxygen atoms in total. The molecular weight excluding hydrogens is 262 g/mol. The predicted octanol–water partition coefficient (Wildman–Crippen LogP) is 3.73. The van der Waals surface area contributed by atoms with Gasteiger partial charge in [0.2, 0.25) is 0 Å². The van der Waals surface area contributed by atoms with Crippen LogP contribution in [0.1, 0.15) is 50.8 Å². The molecule has 1 rings (SSSR count). The van der Waals surface area contributed by atoms with E-state index in [2.05, 4.69) is 43.4 Å². The molecule has 0 spiro atoms. The van der Waals surface area contributed by atoms with Crippen LogP contribution in [-0.2, 0) is 15.9 Å². The van der Waals surface area contributed by atoms with Gasteiger partial charge in [0.15, 0.2) is 0 Å². The van der Waals surface area contributed by atoms with Gasteiger partial charge in [0.1, 0.15) is 0 Å². The van der Waals surface area contributed by atoms with E-state index in [0.717, 1.165) is 26.0 Å². The molecule has 0 saturated heterocycles. The molecule has 0 amide bonds. The molecule has 0 heterocycles. The van der Waals surface area contributed by atoms with Crippen LogP contribution in [0.15, 0.2) is 24.3 Å². The summed E-state index contributed by atoms with van der Waals surface area (Å²) in [7, 11) is 0. The Labute approximate surface area is 130 Å². The Hall–Kier alpha value is -0.900. The van der Waals surface area contributed by atoms with Crippen molar-refractivity contribution in [3.05, 3.63) is 35.4 Å². The monoisotopic (exact) mass is 293 g/mol. The fraction of sp³-hybridized carbons (Fsp3) is 0.667. The van der Waals surface area contributed by atoms with Crippen LogP contribution in [-0.4, -0.2) is 33.0 Å². The Kier molecular flexibility index (Phi) is 10.1. The summed E-state index contributed by atoms with van der Waals surface area (Å²) in [4.78, 5) is 0. The Balaban J connectivity index is 2.50. The van der Waals surface area contributed by atoms with E-state index in [1.165, 1.54) is 17.5 Å². The van der Waals surface area contributed by atoms with E-state index in [0.29, 0.717) is 19.8 Å². The number of benzene rings is 1. The minimum atomic E-state index is 0.266. The van der Waals surface area contributed by atoms with Crippen LogP contribution in [0, 0.1) is 0 Å². The fourth-order valence-electron chi connectivity index (χ4n) is 2.26. The molecule has 1 aromatic rings. The van der Waals surface area contributed by atoms with Gasteiger partial charge < -0.3 is 14.8 Å². The Morgan fingerprint density at radius 3 is 2.29 bits per heavy atom. The van der Waals surface area contributed by atoms with Crippen LogP contribution in [0.2, 0.25) is 0 Å². The molecule has 0 saturated carbocycles. The van der Waals surface area contributed by atoms with Crippen LogP contribution in [0.25, 0.3) is 0 Å². The van der Waals surface area contributed by atoms with Gasteiger partial charge in [-0.3, -0.25) is 0 Å². The zero-order valence-corrected chi connectivity index (χ0v) is 13.9. The van der Waals surface area contributed by atoms with Crippen molar-refractivity contribution in [1.82, 2.24) is 5.32 Å². The standard InChI is InChI=1S/C18H31NO2/c1-4-7-16-8-10-17(11-9-16)18(19-12-5-2)15-21-14-13-20-6-3/h8-11,18-19H,4-7,12-15H2,1-3H3. The summed E-state index contributed by atoms with van der Waals surface area (Å²) in [6.07, 6.45) is 3.47. The highest BCUT2D eigenvalue weighted by Crippen LogP contribution is 2.15. The van der Waals surface area contributed by atoms with Crippen molar-refractivity contribution in [1.29, 1.82) is 0 Å². The molecule has 1 unspecified atom stereocenters. The lowest BCUT2D eigenvalue weighted by Crippen LogP contribution is -2.27. The molecule has 0 aromatic heterocycles. The van der Waals surface area contributed by atoms with E-state index in [4.69, 9.17) is 9.47 Å². The minimum Gasteiger partial charge on any atom is -0.379 e. The van der Waals surface area contributed by atoms with Gasteiger partial charge in [-0.25, -0.2) is 0 Å². The SMILES string of the molecule is CCCNC(COCCOCC)c1ccc(CCC)cc1. The molecule has 0 aliphatic heterocycles. The zero-order valence-electron chi connectivity index (χ0n) is 13.9. The molecule has 0 aliphatic rings. The Morgan fingerprint density at radius 2 is 1.67 bits per heavy atom. The number of rotatable bonds is 12. The average Bonchev–Trinajstić information content (AvgIpc) is 2.51. The molecule has 3 heteroatoms. The van der Waals surface area contributed by atoms with Crippen LogP contribution in [0.3, 0.4) is 0 Å². The first kappa shape index (κ1) is 18.1. The average molecular weight is 293 g/mol. The third kappa shape index (κ3) is 7.60. The van der Waals surface area contributed by atoms with Crippen molar-refractivity contribution in [2.45, 2.75) is 46.1 Å². The topological polar surface area (TPSA) is 30.5 Å². The summed E-state index contributed by atoms with van der Waals surface area (Å²) in [5.74, 6) is 0. The summed E-state index contributed by atoms with van der Waals surface area (Å²) in [6.45, 7) is 10.2. The first-order chi connectivity index (χ1) is 10.3. The van der Waals surface area contributed by atoms with E-state index in [-0.39, 0.29) is 6.04 Å². The number of aryl methyl sites for hydroxylation is 1. The largest absolute Gasteiger partial charge is 0.379 e. The van der Waals surface area contributed by atoms with Gasteiger partial charge >= 0.3 is 0 Å². The molecule has 0 fully saturated rings. The summed E-state index contributed by atoms with van der Waals surface area (Å²) < 4.78 is 11.0. The highest BCUT2D eigenvalue weighted by Gasteiger charge is 2.10. The Morgan fingerprint density at radius 1 is 0.952 bits per heavy atom. The number of hydrogen-bond acceptors (Lipinski definition) is 3. The number of nitrogens with one attached hydrogen (secondary N) is 1. The van der Waals surface area contributed by atoms with Gasteiger partial charge in [-0.05, 0) is 37.4 Å². The maximum Gasteiger partial charge on any atom is 0.0701 e. The van der Waals surface area contributed by atoms with Crippen molar-refractivity contribution < 1.29 is 9.47 Å². The van der Waals surface area contributed by atoms with E-state index >= 15 is 0 Å². The molecule has 1 atom stereocenters. The maximum absolute atomic E-state index is 5.74. The molecule has 0 aliphatic carbocycles. The smallest absolute Gasteiger partial charge is 0.0701 e. The van der Waals surface area contributed by atoms with E-state index in [9.17, 15) is 0 Å². The van der Waals surface area contributed by atoms with Crippen LogP contribution >= 0.6 is 0 Å². The highest BCUT2D eigenvalue weighted by atomic mass is 16.5. The third-order valence-corrected chi connectivity index (χ3v) is 3.42. The lowest BCUT2D eigenvalue weighted by Gasteiger charge is -2.19. The molecule has 120 valence electrons. The molecule has 21 heavy (non-hydrogen) atoms. The summed E-state index contributed by atoms with van der Waals surface area (Å²) >= 11 is 0. The van der Waals surface area contributed by atoms with Gasteiger partial charge in [-0.15, -0.1) is 0 Å². The van der Waals surface area contributed by atoms with Gasteiger partial charge in [0.05, 0.1) is 25.9 Å². The van der Waals surface area contributed by atoms with Crippen molar-refractivity contribution in [2.24, 2.45) is 0 Å². The van der Waals surface area contributed by atoms with Gasteiger partial charge in [0.25, 0.3) is 0 Å². The van der Waals surface area contributed by atoms with Crippen LogP contribution in [0.4, 0.5) is 0 Å². The number of ether oxygens (including phenoxy) is 2. The fourth-order valence-corrected chi connectivity index (χ4v) is 2.26. The normalized spacial score (nSPS) is 12.5. The second-order valence-electron chi connectivity index (χ2n) is 5.27. The lowest BCUT2D eigenvalue weighted by molar-refractivity contribution is 0.0433. The molecule has 0 bridgehead atoms. The van der Waals surface area contributed by atoms with Gasteiger partial charge in [-0.1, -0.05) is 44.5 Å². The van der Waals surface area contributed by atoms with Gasteiger partial charge in [0, 0.05) is 6.61 Å². The van der Waals surface area contributed by atoms with Crippen molar-refractivity contribution in [3.63, 3.8) is 0 Å². The third-order valence-electron chi connectivity index (χ3n) is 3.42. The highest BCUT2D eigenvalue weighted by molar-refractivity contribution is 5.25. The molecule has 0 radical (unpaired) electrons. The minimum absolute atomic E-state index is 0.266. The summed E-state index contributed by atoms with van der Waals surface area (Å²) in [5.41, 5.74) is 2.72.